The van der Waals surface area contributed by atoms with Crippen molar-refractivity contribution in [2.45, 2.75) is 0 Å². The minimum Gasteiger partial charge on any atom is -0.317 e. The van der Waals surface area contributed by atoms with Gasteiger partial charge in [-0.3, -0.25) is 4.98 Å². The zero-order chi connectivity index (χ0) is 25.1. The fourth-order valence-corrected chi connectivity index (χ4v) is 5.82. The number of hydrogen-bond donors (Lipinski definition) is 0. The Morgan fingerprint density at radius 3 is 2.11 bits per heavy atom. The van der Waals surface area contributed by atoms with E-state index in [1.165, 1.54) is 49.2 Å². The van der Waals surface area contributed by atoms with Gasteiger partial charge in [0.25, 0.3) is 0 Å². The first-order valence-electron chi connectivity index (χ1n) is 12.9. The molecule has 3 heterocycles. The van der Waals surface area contributed by atoms with Gasteiger partial charge in [-0.1, -0.05) is 60.7 Å². The van der Waals surface area contributed by atoms with Gasteiger partial charge in [-0.25, -0.2) is 0 Å². The normalized spacial score (nSPS) is 11.7. The van der Waals surface area contributed by atoms with E-state index < -0.39 is 0 Å². The van der Waals surface area contributed by atoms with E-state index in [0.717, 1.165) is 16.9 Å². The van der Waals surface area contributed by atoms with Crippen LogP contribution in [0.15, 0.2) is 140 Å². The molecule has 0 bridgehead atoms. The van der Waals surface area contributed by atoms with E-state index in [4.69, 9.17) is 0 Å². The third-order valence-corrected chi connectivity index (χ3v) is 7.60. The van der Waals surface area contributed by atoms with Crippen LogP contribution in [0.4, 0.5) is 0 Å². The predicted octanol–water partition coefficient (Wildman–Crippen LogP) is 8.94. The molecule has 0 fully saturated rings. The van der Waals surface area contributed by atoms with Crippen LogP contribution in [0.3, 0.4) is 0 Å². The first-order valence-corrected chi connectivity index (χ1v) is 12.9. The fraction of sp³-hybridized carbons (Fsp3) is 0. The van der Waals surface area contributed by atoms with Crippen molar-refractivity contribution >= 4 is 43.5 Å². The Morgan fingerprint density at radius 2 is 1.26 bits per heavy atom. The molecule has 0 N–H and O–H groups in total. The maximum Gasteiger partial charge on any atom is 0.0701 e. The number of benzene rings is 5. The van der Waals surface area contributed by atoms with Gasteiger partial charge in [-0.05, 0) is 77.5 Å². The third kappa shape index (κ3) is 3.12. The Hall–Kier alpha value is -5.15. The van der Waals surface area contributed by atoms with Crippen molar-refractivity contribution in [2.75, 3.05) is 0 Å². The average molecular weight is 486 g/mol. The Morgan fingerprint density at radius 1 is 0.474 bits per heavy atom. The van der Waals surface area contributed by atoms with Crippen LogP contribution in [0.25, 0.3) is 66.1 Å². The lowest BCUT2D eigenvalue weighted by molar-refractivity contribution is 1.13. The molecule has 0 aliphatic rings. The molecule has 0 saturated heterocycles. The standard InChI is InChI=1S/C35H23N3/c1-2-8-27(9-3-1)38-34-12-5-4-10-28(34)31-22-25-15-18-33-29(30(25)23-35(31)38)19-21-37(33)26-16-13-24(14-17-26)32-11-6-7-20-36-32/h1-23H. The number of hydrogen-bond acceptors (Lipinski definition) is 1. The van der Waals surface area contributed by atoms with Crippen LogP contribution in [0.2, 0.25) is 0 Å². The van der Waals surface area contributed by atoms with Gasteiger partial charge in [-0.2, -0.15) is 0 Å². The van der Waals surface area contributed by atoms with Crippen molar-refractivity contribution in [3.63, 3.8) is 0 Å². The molecular formula is C35H23N3. The highest BCUT2D eigenvalue weighted by Gasteiger charge is 2.15. The second-order valence-electron chi connectivity index (χ2n) is 9.72. The topological polar surface area (TPSA) is 22.8 Å². The number of pyridine rings is 1. The maximum atomic E-state index is 4.49. The van der Waals surface area contributed by atoms with E-state index >= 15 is 0 Å². The van der Waals surface area contributed by atoms with E-state index in [9.17, 15) is 0 Å². The molecule has 3 heteroatoms. The average Bonchev–Trinajstić information content (AvgIpc) is 3.56. The smallest absolute Gasteiger partial charge is 0.0701 e. The largest absolute Gasteiger partial charge is 0.317 e. The summed E-state index contributed by atoms with van der Waals surface area (Å²) in [4.78, 5) is 4.49. The monoisotopic (exact) mass is 485 g/mol. The maximum absolute atomic E-state index is 4.49. The number of nitrogens with zero attached hydrogens (tertiary/aromatic N) is 3. The van der Waals surface area contributed by atoms with E-state index in [0.29, 0.717) is 0 Å². The van der Waals surface area contributed by atoms with Crippen LogP contribution in [0.5, 0.6) is 0 Å². The highest BCUT2D eigenvalue weighted by Crippen LogP contribution is 2.37. The molecule has 8 rings (SSSR count). The second-order valence-corrected chi connectivity index (χ2v) is 9.72. The lowest BCUT2D eigenvalue weighted by Gasteiger charge is -2.10. The van der Waals surface area contributed by atoms with Gasteiger partial charge in [0.2, 0.25) is 0 Å². The molecule has 38 heavy (non-hydrogen) atoms. The first kappa shape index (κ1) is 21.0. The quantitative estimate of drug-likeness (QED) is 0.245. The zero-order valence-electron chi connectivity index (χ0n) is 20.6. The fourth-order valence-electron chi connectivity index (χ4n) is 5.82. The molecule has 0 aliphatic carbocycles. The molecule has 0 atom stereocenters. The summed E-state index contributed by atoms with van der Waals surface area (Å²) in [5.74, 6) is 0. The van der Waals surface area contributed by atoms with Gasteiger partial charge in [0.15, 0.2) is 0 Å². The van der Waals surface area contributed by atoms with Crippen LogP contribution in [0, 0.1) is 0 Å². The molecule has 0 saturated carbocycles. The van der Waals surface area contributed by atoms with Crippen molar-refractivity contribution in [3.05, 3.63) is 140 Å². The Balaban J connectivity index is 1.34. The zero-order valence-corrected chi connectivity index (χ0v) is 20.6. The summed E-state index contributed by atoms with van der Waals surface area (Å²) < 4.78 is 4.66. The lowest BCUT2D eigenvalue weighted by Crippen LogP contribution is -1.93. The van der Waals surface area contributed by atoms with E-state index in [1.807, 2.05) is 24.4 Å². The van der Waals surface area contributed by atoms with Gasteiger partial charge >= 0.3 is 0 Å². The van der Waals surface area contributed by atoms with Crippen molar-refractivity contribution in [1.29, 1.82) is 0 Å². The molecule has 0 amide bonds. The molecule has 5 aromatic carbocycles. The molecule has 0 spiro atoms. The number of fused-ring (bicyclic) bond motifs is 6. The summed E-state index contributed by atoms with van der Waals surface area (Å²) in [5.41, 5.74) is 8.07. The van der Waals surface area contributed by atoms with Crippen molar-refractivity contribution in [2.24, 2.45) is 0 Å². The van der Waals surface area contributed by atoms with Gasteiger partial charge in [0.1, 0.15) is 0 Å². The predicted molar refractivity (Wildman–Crippen MR) is 158 cm³/mol. The molecule has 3 nitrogen and oxygen atoms in total. The molecule has 0 aliphatic heterocycles. The molecule has 3 aromatic heterocycles. The highest BCUT2D eigenvalue weighted by molar-refractivity contribution is 6.18. The molecular weight excluding hydrogens is 462 g/mol. The van der Waals surface area contributed by atoms with Crippen molar-refractivity contribution < 1.29 is 0 Å². The lowest BCUT2D eigenvalue weighted by atomic mass is 10.0. The Kier molecular flexibility index (Phi) is 4.52. The van der Waals surface area contributed by atoms with Crippen molar-refractivity contribution in [3.8, 4) is 22.6 Å². The second kappa shape index (κ2) is 8.19. The molecule has 178 valence electrons. The molecule has 0 unspecified atom stereocenters. The van der Waals surface area contributed by atoms with E-state index in [2.05, 4.69) is 130 Å². The summed E-state index contributed by atoms with van der Waals surface area (Å²) in [6, 6.07) is 45.4. The van der Waals surface area contributed by atoms with Crippen LogP contribution in [0.1, 0.15) is 0 Å². The summed E-state index contributed by atoms with van der Waals surface area (Å²) in [7, 11) is 0. The van der Waals surface area contributed by atoms with E-state index in [-0.39, 0.29) is 0 Å². The summed E-state index contributed by atoms with van der Waals surface area (Å²) in [5, 5.41) is 6.32. The van der Waals surface area contributed by atoms with Crippen LogP contribution >= 0.6 is 0 Å². The number of aromatic nitrogens is 3. The summed E-state index contributed by atoms with van der Waals surface area (Å²) in [6.45, 7) is 0. The summed E-state index contributed by atoms with van der Waals surface area (Å²) >= 11 is 0. The minimum absolute atomic E-state index is 0.986. The highest BCUT2D eigenvalue weighted by atomic mass is 15.0. The number of para-hydroxylation sites is 2. The van der Waals surface area contributed by atoms with Crippen LogP contribution in [-0.4, -0.2) is 14.1 Å². The minimum atomic E-state index is 0.986. The van der Waals surface area contributed by atoms with E-state index in [1.54, 1.807) is 0 Å². The van der Waals surface area contributed by atoms with Gasteiger partial charge in [0.05, 0.1) is 22.2 Å². The Bertz CT molecular complexity index is 2100. The SMILES string of the molecule is c1ccc(-n2c3ccccc3c3cc4ccc5c(ccn5-c5ccc(-c6ccccn6)cc5)c4cc32)cc1. The van der Waals surface area contributed by atoms with Crippen LogP contribution < -0.4 is 0 Å². The Labute approximate surface area is 219 Å². The molecule has 8 aromatic rings. The number of rotatable bonds is 3. The van der Waals surface area contributed by atoms with Gasteiger partial charge in [-0.15, -0.1) is 0 Å². The first-order chi connectivity index (χ1) is 18.8. The van der Waals surface area contributed by atoms with Crippen LogP contribution in [-0.2, 0) is 0 Å². The summed E-state index contributed by atoms with van der Waals surface area (Å²) in [6.07, 6.45) is 4.01. The third-order valence-electron chi connectivity index (χ3n) is 7.60. The van der Waals surface area contributed by atoms with Crippen molar-refractivity contribution in [1.82, 2.24) is 14.1 Å². The molecule has 0 radical (unpaired) electrons. The van der Waals surface area contributed by atoms with Gasteiger partial charge in [0, 0.05) is 45.5 Å². The van der Waals surface area contributed by atoms with Gasteiger partial charge < -0.3 is 9.13 Å².